The van der Waals surface area contributed by atoms with Crippen LogP contribution in [0.25, 0.3) is 0 Å². The van der Waals surface area contributed by atoms with Gasteiger partial charge in [-0.2, -0.15) is 0 Å². The maximum Gasteiger partial charge on any atom is 0.262 e. The van der Waals surface area contributed by atoms with Gasteiger partial charge in [-0.25, -0.2) is 0 Å². The zero-order valence-corrected chi connectivity index (χ0v) is 16.4. The topological polar surface area (TPSA) is 110 Å². The van der Waals surface area contributed by atoms with Crippen molar-refractivity contribution < 1.29 is 19.2 Å². The molecule has 0 saturated heterocycles. The SMILES string of the molecule is NC(=O)c1ccc(NC(=O)[C@H](Cc2ccccc2)N2C(=O)c3ccccc3C2=O)cc1. The Balaban J connectivity index is 1.65. The third kappa shape index (κ3) is 3.93. The van der Waals surface area contributed by atoms with Gasteiger partial charge in [-0.3, -0.25) is 24.1 Å². The van der Waals surface area contributed by atoms with Crippen LogP contribution in [0.4, 0.5) is 5.69 Å². The van der Waals surface area contributed by atoms with Crippen LogP contribution >= 0.6 is 0 Å². The predicted molar refractivity (Wildman–Crippen MR) is 114 cm³/mol. The second-order valence-corrected chi connectivity index (χ2v) is 7.16. The molecule has 154 valence electrons. The van der Waals surface area contributed by atoms with Crippen molar-refractivity contribution in [1.29, 1.82) is 0 Å². The molecule has 3 aromatic rings. The molecule has 1 atom stereocenters. The van der Waals surface area contributed by atoms with Crippen LogP contribution in [0.2, 0.25) is 0 Å². The molecule has 0 radical (unpaired) electrons. The number of nitrogens with zero attached hydrogens (tertiary/aromatic N) is 1. The second-order valence-electron chi connectivity index (χ2n) is 7.16. The van der Waals surface area contributed by atoms with Crippen LogP contribution < -0.4 is 11.1 Å². The molecule has 7 heteroatoms. The van der Waals surface area contributed by atoms with Gasteiger partial charge in [0.05, 0.1) is 11.1 Å². The highest BCUT2D eigenvalue weighted by Gasteiger charge is 2.42. The highest BCUT2D eigenvalue weighted by atomic mass is 16.2. The van der Waals surface area contributed by atoms with E-state index in [1.807, 2.05) is 30.3 Å². The molecule has 1 aliphatic heterocycles. The lowest BCUT2D eigenvalue weighted by Gasteiger charge is -2.25. The maximum atomic E-state index is 13.2. The van der Waals surface area contributed by atoms with Crippen molar-refractivity contribution in [3.8, 4) is 0 Å². The van der Waals surface area contributed by atoms with Crippen molar-refractivity contribution in [2.75, 3.05) is 5.32 Å². The first-order chi connectivity index (χ1) is 15.0. The van der Waals surface area contributed by atoms with E-state index in [4.69, 9.17) is 5.73 Å². The van der Waals surface area contributed by atoms with Crippen molar-refractivity contribution in [2.45, 2.75) is 12.5 Å². The Labute approximate surface area is 178 Å². The van der Waals surface area contributed by atoms with Gasteiger partial charge < -0.3 is 11.1 Å². The first kappa shape index (κ1) is 20.0. The predicted octanol–water partition coefficient (Wildman–Crippen LogP) is 2.63. The number of carbonyl (C=O) groups excluding carboxylic acids is 4. The van der Waals surface area contributed by atoms with E-state index < -0.39 is 29.7 Å². The van der Waals surface area contributed by atoms with Crippen LogP contribution in [0.1, 0.15) is 36.6 Å². The average Bonchev–Trinajstić information content (AvgIpc) is 3.03. The largest absolute Gasteiger partial charge is 0.366 e. The van der Waals surface area contributed by atoms with Gasteiger partial charge in [0, 0.05) is 17.7 Å². The molecule has 1 aliphatic rings. The fraction of sp³-hybridized carbons (Fsp3) is 0.0833. The van der Waals surface area contributed by atoms with Gasteiger partial charge in [0.1, 0.15) is 6.04 Å². The van der Waals surface area contributed by atoms with E-state index in [-0.39, 0.29) is 17.5 Å². The van der Waals surface area contributed by atoms with Crippen LogP contribution in [-0.2, 0) is 11.2 Å². The van der Waals surface area contributed by atoms with Crippen molar-refractivity contribution >= 4 is 29.3 Å². The number of fused-ring (bicyclic) bond motifs is 1. The number of anilines is 1. The molecular formula is C24H19N3O4. The van der Waals surface area contributed by atoms with Crippen molar-refractivity contribution in [1.82, 2.24) is 4.90 Å². The lowest BCUT2D eigenvalue weighted by molar-refractivity contribution is -0.119. The Morgan fingerprint density at radius 1 is 0.806 bits per heavy atom. The number of rotatable bonds is 6. The minimum atomic E-state index is -1.05. The van der Waals surface area contributed by atoms with E-state index in [0.29, 0.717) is 11.3 Å². The van der Waals surface area contributed by atoms with Crippen LogP contribution in [0, 0.1) is 0 Å². The van der Waals surface area contributed by atoms with Crippen molar-refractivity contribution in [2.24, 2.45) is 5.73 Å². The number of hydrogen-bond acceptors (Lipinski definition) is 4. The molecule has 0 aliphatic carbocycles. The minimum absolute atomic E-state index is 0.164. The summed E-state index contributed by atoms with van der Waals surface area (Å²) in [5.41, 5.74) is 7.34. The van der Waals surface area contributed by atoms with Crippen LogP contribution in [-0.4, -0.2) is 34.6 Å². The number of primary amides is 1. The number of amides is 4. The Kier molecular flexibility index (Phi) is 5.32. The molecule has 4 amide bonds. The minimum Gasteiger partial charge on any atom is -0.366 e. The normalized spacial score (nSPS) is 13.6. The molecule has 1 heterocycles. The van der Waals surface area contributed by atoms with Crippen LogP contribution in [0.5, 0.6) is 0 Å². The molecule has 0 spiro atoms. The summed E-state index contributed by atoms with van der Waals surface area (Å²) in [4.78, 5) is 51.5. The molecule has 0 saturated carbocycles. The van der Waals surface area contributed by atoms with Crippen LogP contribution in [0.3, 0.4) is 0 Å². The molecule has 31 heavy (non-hydrogen) atoms. The standard InChI is InChI=1S/C24H19N3O4/c25-21(28)16-10-12-17(13-11-16)26-22(29)20(14-15-6-2-1-3-7-15)27-23(30)18-8-4-5-9-19(18)24(27)31/h1-13,20H,14H2,(H2,25,28)(H,26,29)/t20-/m0/s1. The molecule has 3 N–H and O–H groups in total. The highest BCUT2D eigenvalue weighted by molar-refractivity contribution is 6.23. The first-order valence-corrected chi connectivity index (χ1v) is 9.67. The van der Waals surface area contributed by atoms with Crippen molar-refractivity contribution in [3.05, 3.63) is 101 Å². The molecule has 0 unspecified atom stereocenters. The molecule has 0 aromatic heterocycles. The Bertz CT molecular complexity index is 1140. The number of nitrogens with two attached hydrogens (primary N) is 1. The van der Waals surface area contributed by atoms with Gasteiger partial charge in [-0.05, 0) is 42.0 Å². The van der Waals surface area contributed by atoms with E-state index in [1.54, 1.807) is 36.4 Å². The number of benzene rings is 3. The molecule has 0 bridgehead atoms. The molecule has 3 aromatic carbocycles. The zero-order valence-electron chi connectivity index (χ0n) is 16.4. The smallest absolute Gasteiger partial charge is 0.262 e. The Morgan fingerprint density at radius 3 is 1.90 bits per heavy atom. The summed E-state index contributed by atoms with van der Waals surface area (Å²) in [5, 5.41) is 2.74. The summed E-state index contributed by atoms with van der Waals surface area (Å²) in [6, 6.07) is 20.7. The summed E-state index contributed by atoms with van der Waals surface area (Å²) in [6.07, 6.45) is 0.164. The fourth-order valence-electron chi connectivity index (χ4n) is 3.57. The summed E-state index contributed by atoms with van der Waals surface area (Å²) >= 11 is 0. The van der Waals surface area contributed by atoms with Gasteiger partial charge in [0.2, 0.25) is 11.8 Å². The second kappa shape index (κ2) is 8.23. The van der Waals surface area contributed by atoms with Gasteiger partial charge in [-0.1, -0.05) is 42.5 Å². The summed E-state index contributed by atoms with van der Waals surface area (Å²) in [5.74, 6) is -2.09. The fourth-order valence-corrected chi connectivity index (χ4v) is 3.57. The number of nitrogens with one attached hydrogen (secondary N) is 1. The molecule has 0 fully saturated rings. The van der Waals surface area contributed by atoms with Gasteiger partial charge >= 0.3 is 0 Å². The summed E-state index contributed by atoms with van der Waals surface area (Å²) in [6.45, 7) is 0. The molecule has 4 rings (SSSR count). The maximum absolute atomic E-state index is 13.2. The van der Waals surface area contributed by atoms with Crippen LogP contribution in [0.15, 0.2) is 78.9 Å². The Morgan fingerprint density at radius 2 is 1.35 bits per heavy atom. The molecular weight excluding hydrogens is 394 g/mol. The third-order valence-electron chi connectivity index (χ3n) is 5.15. The quantitative estimate of drug-likeness (QED) is 0.606. The number of hydrogen-bond donors (Lipinski definition) is 2. The number of carbonyl (C=O) groups is 4. The van der Waals surface area contributed by atoms with E-state index in [1.165, 1.54) is 12.1 Å². The zero-order chi connectivity index (χ0) is 22.0. The third-order valence-corrected chi connectivity index (χ3v) is 5.15. The first-order valence-electron chi connectivity index (χ1n) is 9.67. The van der Waals surface area contributed by atoms with Gasteiger partial charge in [-0.15, -0.1) is 0 Å². The van der Waals surface area contributed by atoms with E-state index in [2.05, 4.69) is 5.32 Å². The molecule has 7 nitrogen and oxygen atoms in total. The lowest BCUT2D eigenvalue weighted by Crippen LogP contribution is -2.48. The Hall–Kier alpha value is -4.26. The summed E-state index contributed by atoms with van der Waals surface area (Å²) < 4.78 is 0. The number of imide groups is 1. The lowest BCUT2D eigenvalue weighted by atomic mass is 10.0. The average molecular weight is 413 g/mol. The van der Waals surface area contributed by atoms with E-state index >= 15 is 0 Å². The van der Waals surface area contributed by atoms with E-state index in [9.17, 15) is 19.2 Å². The van der Waals surface area contributed by atoms with Gasteiger partial charge in [0.25, 0.3) is 11.8 Å². The van der Waals surface area contributed by atoms with Gasteiger partial charge in [0.15, 0.2) is 0 Å². The van der Waals surface area contributed by atoms with Crippen molar-refractivity contribution in [3.63, 3.8) is 0 Å². The van der Waals surface area contributed by atoms with E-state index in [0.717, 1.165) is 10.5 Å². The summed E-state index contributed by atoms with van der Waals surface area (Å²) in [7, 11) is 0. The monoisotopic (exact) mass is 413 g/mol. The highest BCUT2D eigenvalue weighted by Crippen LogP contribution is 2.26.